The van der Waals surface area contributed by atoms with Gasteiger partial charge in [-0.15, -0.1) is 23.7 Å². The van der Waals surface area contributed by atoms with Crippen LogP contribution in [0.2, 0.25) is 0 Å². The molecule has 32 heavy (non-hydrogen) atoms. The van der Waals surface area contributed by atoms with Gasteiger partial charge in [-0.05, 0) is 11.1 Å². The van der Waals surface area contributed by atoms with Crippen LogP contribution in [0, 0.1) is 0 Å². The molecule has 1 aromatic carbocycles. The zero-order valence-electron chi connectivity index (χ0n) is 17.6. The summed E-state index contributed by atoms with van der Waals surface area (Å²) in [6.45, 7) is 4.68. The number of aromatic nitrogens is 2. The summed E-state index contributed by atoms with van der Waals surface area (Å²) in [5.41, 5.74) is 7.50. The number of amides is 1. The lowest BCUT2D eigenvalue weighted by atomic mass is 10.1. The van der Waals surface area contributed by atoms with Crippen LogP contribution in [-0.4, -0.2) is 55.4 Å². The maximum atomic E-state index is 12.5. The van der Waals surface area contributed by atoms with E-state index in [1.54, 1.807) is 5.38 Å². The Morgan fingerprint density at radius 2 is 1.75 bits per heavy atom. The van der Waals surface area contributed by atoms with Crippen LogP contribution < -0.4 is 21.9 Å². The Balaban J connectivity index is 0.00000363. The van der Waals surface area contributed by atoms with Crippen LogP contribution in [0.4, 0.5) is 0 Å². The molecule has 5 N–H and O–H groups in total. The lowest BCUT2D eigenvalue weighted by Crippen LogP contribution is -2.24. The number of thiophene rings is 1. The summed E-state index contributed by atoms with van der Waals surface area (Å²) in [6.07, 6.45) is 1.34. The van der Waals surface area contributed by atoms with E-state index in [4.69, 9.17) is 15.2 Å². The maximum absolute atomic E-state index is 12.5. The van der Waals surface area contributed by atoms with Crippen molar-refractivity contribution in [2.24, 2.45) is 5.73 Å². The number of halogens is 1. The van der Waals surface area contributed by atoms with Crippen LogP contribution in [0.25, 0.3) is 10.2 Å². The first kappa shape index (κ1) is 25.9. The molecule has 0 aliphatic rings. The summed E-state index contributed by atoms with van der Waals surface area (Å²) in [6, 6.07) is 7.99. The molecular formula is C21H28ClN5O4S. The molecule has 1 amide bonds. The van der Waals surface area contributed by atoms with Crippen molar-refractivity contribution < 1.29 is 14.3 Å². The van der Waals surface area contributed by atoms with Crippen LogP contribution >= 0.6 is 23.7 Å². The van der Waals surface area contributed by atoms with Crippen LogP contribution in [0.3, 0.4) is 0 Å². The highest BCUT2D eigenvalue weighted by Crippen LogP contribution is 2.20. The number of fused-ring (bicyclic) bond motifs is 1. The minimum Gasteiger partial charge on any atom is -0.378 e. The fourth-order valence-electron chi connectivity index (χ4n) is 2.89. The van der Waals surface area contributed by atoms with E-state index < -0.39 is 0 Å². The first-order chi connectivity index (χ1) is 15.2. The standard InChI is InChI=1S/C21H27N5O4S.ClH/c22-5-7-29-9-10-30-8-6-23-11-15-1-3-16(4-2-15)12-24-19(27)17-13-31-21-18(17)20(28)25-14-26-21;/h1-4,13-14,23H,5-12,22H2,(H,24,27)(H,25,26,28);1H. The number of H-pyrrole nitrogens is 1. The predicted octanol–water partition coefficient (Wildman–Crippen LogP) is 1.42. The van der Waals surface area contributed by atoms with Gasteiger partial charge in [-0.1, -0.05) is 24.3 Å². The normalized spacial score (nSPS) is 10.8. The van der Waals surface area contributed by atoms with Crippen LogP contribution in [0.5, 0.6) is 0 Å². The molecule has 9 nitrogen and oxygen atoms in total. The molecule has 0 aliphatic heterocycles. The van der Waals surface area contributed by atoms with Gasteiger partial charge in [0.05, 0.1) is 43.7 Å². The number of hydrogen-bond donors (Lipinski definition) is 4. The quantitative estimate of drug-likeness (QED) is 0.271. The summed E-state index contributed by atoms with van der Waals surface area (Å²) < 4.78 is 10.7. The van der Waals surface area contributed by atoms with Crippen molar-refractivity contribution in [1.29, 1.82) is 0 Å². The predicted molar refractivity (Wildman–Crippen MR) is 128 cm³/mol. The highest BCUT2D eigenvalue weighted by molar-refractivity contribution is 7.17. The molecule has 3 aromatic rings. The van der Waals surface area contributed by atoms with E-state index in [9.17, 15) is 9.59 Å². The van der Waals surface area contributed by atoms with Crippen molar-refractivity contribution in [3.05, 3.63) is 63.0 Å². The highest BCUT2D eigenvalue weighted by Gasteiger charge is 2.15. The number of ether oxygens (including phenoxy) is 2. The molecule has 2 heterocycles. The van der Waals surface area contributed by atoms with Crippen LogP contribution in [-0.2, 0) is 22.6 Å². The minimum atomic E-state index is -0.307. The summed E-state index contributed by atoms with van der Waals surface area (Å²) in [5.74, 6) is -0.288. The van der Waals surface area contributed by atoms with Gasteiger partial charge in [0.1, 0.15) is 4.83 Å². The lowest BCUT2D eigenvalue weighted by molar-refractivity contribution is 0.0518. The van der Waals surface area contributed by atoms with Gasteiger partial charge in [-0.3, -0.25) is 9.59 Å². The molecule has 2 aromatic heterocycles. The second kappa shape index (κ2) is 13.9. The summed E-state index contributed by atoms with van der Waals surface area (Å²) in [5, 5.41) is 8.18. The van der Waals surface area contributed by atoms with E-state index in [1.807, 2.05) is 24.3 Å². The fraction of sp³-hybridized carbons (Fsp3) is 0.381. The van der Waals surface area contributed by atoms with Crippen molar-refractivity contribution >= 4 is 39.9 Å². The van der Waals surface area contributed by atoms with Crippen LogP contribution in [0.1, 0.15) is 21.5 Å². The molecule has 11 heteroatoms. The zero-order valence-corrected chi connectivity index (χ0v) is 19.2. The third-order valence-corrected chi connectivity index (χ3v) is 5.37. The molecule has 0 radical (unpaired) electrons. The second-order valence-electron chi connectivity index (χ2n) is 6.75. The number of carbonyl (C=O) groups is 1. The van der Waals surface area contributed by atoms with E-state index in [1.165, 1.54) is 17.7 Å². The first-order valence-corrected chi connectivity index (χ1v) is 10.9. The third-order valence-electron chi connectivity index (χ3n) is 4.48. The monoisotopic (exact) mass is 481 g/mol. The number of nitrogens with zero attached hydrogens (tertiary/aromatic N) is 1. The smallest absolute Gasteiger partial charge is 0.260 e. The third kappa shape index (κ3) is 7.66. The van der Waals surface area contributed by atoms with Crippen molar-refractivity contribution in [3.8, 4) is 0 Å². The number of benzene rings is 1. The molecule has 3 rings (SSSR count). The van der Waals surface area contributed by atoms with Gasteiger partial charge in [0.25, 0.3) is 11.5 Å². The average molecular weight is 482 g/mol. The Labute approximate surface area is 196 Å². The second-order valence-corrected chi connectivity index (χ2v) is 7.61. The number of aromatic amines is 1. The number of nitrogens with one attached hydrogen (secondary N) is 3. The highest BCUT2D eigenvalue weighted by atomic mass is 35.5. The lowest BCUT2D eigenvalue weighted by Gasteiger charge is -2.08. The first-order valence-electron chi connectivity index (χ1n) is 10.1. The van der Waals surface area contributed by atoms with E-state index in [0.717, 1.165) is 24.2 Å². The molecule has 0 spiro atoms. The van der Waals surface area contributed by atoms with Gasteiger partial charge in [0.2, 0.25) is 0 Å². The van der Waals surface area contributed by atoms with E-state index in [-0.39, 0.29) is 23.9 Å². The molecule has 0 saturated carbocycles. The van der Waals surface area contributed by atoms with Gasteiger partial charge in [0.15, 0.2) is 0 Å². The van der Waals surface area contributed by atoms with Gasteiger partial charge < -0.3 is 30.8 Å². The topological polar surface area (TPSA) is 131 Å². The van der Waals surface area contributed by atoms with E-state index in [0.29, 0.717) is 55.3 Å². The Bertz CT molecular complexity index is 1020. The Kier molecular flexibility index (Phi) is 11.3. The molecule has 0 fully saturated rings. The zero-order chi connectivity index (χ0) is 21.9. The average Bonchev–Trinajstić information content (AvgIpc) is 3.23. The summed E-state index contributed by atoms with van der Waals surface area (Å²) in [7, 11) is 0. The van der Waals surface area contributed by atoms with E-state index >= 15 is 0 Å². The molecule has 174 valence electrons. The van der Waals surface area contributed by atoms with Gasteiger partial charge in [0, 0.05) is 31.6 Å². The van der Waals surface area contributed by atoms with Gasteiger partial charge in [-0.2, -0.15) is 0 Å². The molecule has 0 saturated heterocycles. The van der Waals surface area contributed by atoms with Crippen molar-refractivity contribution in [1.82, 2.24) is 20.6 Å². The molecule has 0 aliphatic carbocycles. The Hall–Kier alpha value is -2.34. The number of carbonyl (C=O) groups excluding carboxylic acids is 1. The largest absolute Gasteiger partial charge is 0.378 e. The Morgan fingerprint density at radius 3 is 2.47 bits per heavy atom. The van der Waals surface area contributed by atoms with Crippen molar-refractivity contribution in [3.63, 3.8) is 0 Å². The Morgan fingerprint density at radius 1 is 1.06 bits per heavy atom. The molecule has 0 bridgehead atoms. The van der Waals surface area contributed by atoms with Gasteiger partial charge >= 0.3 is 0 Å². The maximum Gasteiger partial charge on any atom is 0.260 e. The van der Waals surface area contributed by atoms with Crippen molar-refractivity contribution in [2.45, 2.75) is 13.1 Å². The number of nitrogens with two attached hydrogens (primary N) is 1. The number of rotatable bonds is 13. The molecule has 0 atom stereocenters. The van der Waals surface area contributed by atoms with Crippen molar-refractivity contribution in [2.75, 3.05) is 39.5 Å². The fourth-order valence-corrected chi connectivity index (χ4v) is 3.77. The molecular weight excluding hydrogens is 454 g/mol. The molecule has 0 unspecified atom stereocenters. The minimum absolute atomic E-state index is 0. The summed E-state index contributed by atoms with van der Waals surface area (Å²) in [4.78, 5) is 31.6. The van der Waals surface area contributed by atoms with Gasteiger partial charge in [-0.25, -0.2) is 4.98 Å². The van der Waals surface area contributed by atoms with E-state index in [2.05, 4.69) is 20.6 Å². The van der Waals surface area contributed by atoms with Crippen LogP contribution in [0.15, 0.2) is 40.8 Å². The number of hydrogen-bond acceptors (Lipinski definition) is 8. The summed E-state index contributed by atoms with van der Waals surface area (Å²) >= 11 is 1.28. The SMILES string of the molecule is Cl.NCCOCCOCCNCc1ccc(CNC(=O)c2csc3nc[nH]c(=O)c23)cc1.